The van der Waals surface area contributed by atoms with Gasteiger partial charge >= 0.3 is 5.97 Å². The molecule has 0 spiro atoms. The van der Waals surface area contributed by atoms with Gasteiger partial charge in [0.1, 0.15) is 0 Å². The highest BCUT2D eigenvalue weighted by molar-refractivity contribution is 6.30. The Bertz CT molecular complexity index is 821. The molecule has 0 radical (unpaired) electrons. The molecule has 0 fully saturated rings. The van der Waals surface area contributed by atoms with Crippen LogP contribution in [0, 0.1) is 17.0 Å². The fourth-order valence-corrected chi connectivity index (χ4v) is 2.32. The van der Waals surface area contributed by atoms with E-state index in [0.717, 1.165) is 11.6 Å². The molecule has 1 N–H and O–H groups in total. The molecule has 2 rings (SSSR count). The van der Waals surface area contributed by atoms with Gasteiger partial charge in [-0.05, 0) is 37.1 Å². The molecule has 8 heteroatoms. The smallest absolute Gasteiger partial charge is 0.338 e. The number of esters is 1. The molecule has 0 saturated carbocycles. The molecule has 136 valence electrons. The fourth-order valence-electron chi connectivity index (χ4n) is 2.20. The van der Waals surface area contributed by atoms with E-state index in [1.165, 1.54) is 12.1 Å². The highest BCUT2D eigenvalue weighted by Crippen LogP contribution is 2.19. The standard InChI is InChI=1S/C18H17ClN2O5/c1-12-2-5-14(10-16(12)21(24)25)18(23)26-11-17(22)20-9-8-13-3-6-15(19)7-4-13/h2-7,10H,8-9,11H2,1H3,(H,20,22). The van der Waals surface area contributed by atoms with Gasteiger partial charge in [0.2, 0.25) is 0 Å². The number of benzene rings is 2. The molecule has 0 aliphatic carbocycles. The highest BCUT2D eigenvalue weighted by atomic mass is 35.5. The number of nitro groups is 1. The lowest BCUT2D eigenvalue weighted by atomic mass is 10.1. The number of amides is 1. The van der Waals surface area contributed by atoms with Crippen LogP contribution in [0.4, 0.5) is 5.69 Å². The van der Waals surface area contributed by atoms with Crippen molar-refractivity contribution in [2.45, 2.75) is 13.3 Å². The molecule has 0 aromatic heterocycles. The summed E-state index contributed by atoms with van der Waals surface area (Å²) in [5.41, 5.74) is 1.30. The van der Waals surface area contributed by atoms with Gasteiger partial charge in [-0.15, -0.1) is 0 Å². The van der Waals surface area contributed by atoms with Gasteiger partial charge in [-0.3, -0.25) is 14.9 Å². The van der Waals surface area contributed by atoms with Gasteiger partial charge in [0.25, 0.3) is 11.6 Å². The molecular formula is C18H17ClN2O5. The topological polar surface area (TPSA) is 98.5 Å². The Hall–Kier alpha value is -2.93. The Morgan fingerprint density at radius 2 is 1.88 bits per heavy atom. The molecule has 0 bridgehead atoms. The Morgan fingerprint density at radius 1 is 1.19 bits per heavy atom. The number of nitrogens with zero attached hydrogens (tertiary/aromatic N) is 1. The van der Waals surface area contributed by atoms with Crippen molar-refractivity contribution in [1.29, 1.82) is 0 Å². The maximum absolute atomic E-state index is 11.9. The maximum Gasteiger partial charge on any atom is 0.338 e. The first-order chi connectivity index (χ1) is 12.4. The third kappa shape index (κ3) is 5.56. The number of halogens is 1. The molecule has 2 aromatic carbocycles. The summed E-state index contributed by atoms with van der Waals surface area (Å²) >= 11 is 5.80. The van der Waals surface area contributed by atoms with Gasteiger partial charge in [-0.25, -0.2) is 4.79 Å². The van der Waals surface area contributed by atoms with Crippen molar-refractivity contribution in [2.75, 3.05) is 13.2 Å². The molecule has 0 aliphatic heterocycles. The second-order valence-corrected chi connectivity index (χ2v) is 6.00. The van der Waals surface area contributed by atoms with Gasteiger partial charge in [0, 0.05) is 23.2 Å². The number of nitro benzene ring substituents is 1. The summed E-state index contributed by atoms with van der Waals surface area (Å²) in [4.78, 5) is 34.0. The summed E-state index contributed by atoms with van der Waals surface area (Å²) in [6.45, 7) is 1.50. The summed E-state index contributed by atoms with van der Waals surface area (Å²) in [6, 6.07) is 11.3. The van der Waals surface area contributed by atoms with Crippen molar-refractivity contribution in [3.63, 3.8) is 0 Å². The second-order valence-electron chi connectivity index (χ2n) is 5.56. The molecule has 0 heterocycles. The summed E-state index contributed by atoms with van der Waals surface area (Å²) in [6.07, 6.45) is 0.612. The quantitative estimate of drug-likeness (QED) is 0.455. The van der Waals surface area contributed by atoms with E-state index in [0.29, 0.717) is 23.6 Å². The first-order valence-corrected chi connectivity index (χ1v) is 8.18. The van der Waals surface area contributed by atoms with Crippen molar-refractivity contribution >= 4 is 29.2 Å². The zero-order valence-electron chi connectivity index (χ0n) is 14.0. The van der Waals surface area contributed by atoms with Crippen LogP contribution in [0.5, 0.6) is 0 Å². The van der Waals surface area contributed by atoms with Crippen molar-refractivity contribution in [3.05, 3.63) is 74.3 Å². The monoisotopic (exact) mass is 376 g/mol. The van der Waals surface area contributed by atoms with E-state index in [-0.39, 0.29) is 11.3 Å². The van der Waals surface area contributed by atoms with Crippen LogP contribution < -0.4 is 5.32 Å². The first kappa shape index (κ1) is 19.4. The van der Waals surface area contributed by atoms with E-state index in [1.807, 2.05) is 12.1 Å². The molecule has 2 aromatic rings. The summed E-state index contributed by atoms with van der Waals surface area (Å²) < 4.78 is 4.89. The van der Waals surface area contributed by atoms with E-state index in [4.69, 9.17) is 16.3 Å². The third-order valence-electron chi connectivity index (χ3n) is 3.62. The van der Waals surface area contributed by atoms with Crippen LogP contribution in [0.2, 0.25) is 5.02 Å². The Balaban J connectivity index is 1.79. The number of nitrogens with one attached hydrogen (secondary N) is 1. The number of rotatable bonds is 7. The first-order valence-electron chi connectivity index (χ1n) is 7.80. The van der Waals surface area contributed by atoms with E-state index in [2.05, 4.69) is 5.32 Å². The van der Waals surface area contributed by atoms with Crippen LogP contribution in [-0.4, -0.2) is 30.0 Å². The average Bonchev–Trinajstić information content (AvgIpc) is 2.61. The van der Waals surface area contributed by atoms with E-state index in [9.17, 15) is 19.7 Å². The Morgan fingerprint density at radius 3 is 2.54 bits per heavy atom. The predicted molar refractivity (Wildman–Crippen MR) is 96.3 cm³/mol. The molecule has 0 atom stereocenters. The second kappa shape index (κ2) is 8.96. The largest absolute Gasteiger partial charge is 0.452 e. The predicted octanol–water partition coefficient (Wildman–Crippen LogP) is 3.07. The zero-order valence-corrected chi connectivity index (χ0v) is 14.8. The van der Waals surface area contributed by atoms with Crippen molar-refractivity contribution in [1.82, 2.24) is 5.32 Å². The minimum absolute atomic E-state index is 0.0243. The van der Waals surface area contributed by atoms with E-state index < -0.39 is 23.4 Å². The SMILES string of the molecule is Cc1ccc(C(=O)OCC(=O)NCCc2ccc(Cl)cc2)cc1[N+](=O)[O-]. The van der Waals surface area contributed by atoms with Gasteiger partial charge in [-0.1, -0.05) is 29.8 Å². The molecule has 1 amide bonds. The van der Waals surface area contributed by atoms with Crippen LogP contribution in [0.25, 0.3) is 0 Å². The number of ether oxygens (including phenoxy) is 1. The minimum atomic E-state index is -0.791. The van der Waals surface area contributed by atoms with Crippen LogP contribution in [-0.2, 0) is 16.0 Å². The van der Waals surface area contributed by atoms with Gasteiger partial charge < -0.3 is 10.1 Å². The summed E-state index contributed by atoms with van der Waals surface area (Å²) in [5, 5.41) is 14.2. The zero-order chi connectivity index (χ0) is 19.1. The van der Waals surface area contributed by atoms with Gasteiger partial charge in [-0.2, -0.15) is 0 Å². The van der Waals surface area contributed by atoms with E-state index >= 15 is 0 Å². The average molecular weight is 377 g/mol. The van der Waals surface area contributed by atoms with Crippen molar-refractivity contribution in [3.8, 4) is 0 Å². The van der Waals surface area contributed by atoms with Crippen LogP contribution >= 0.6 is 11.6 Å². The minimum Gasteiger partial charge on any atom is -0.452 e. The van der Waals surface area contributed by atoms with Gasteiger partial charge in [0.05, 0.1) is 10.5 Å². The molecule has 0 saturated heterocycles. The van der Waals surface area contributed by atoms with Crippen LogP contribution in [0.15, 0.2) is 42.5 Å². The number of hydrogen-bond acceptors (Lipinski definition) is 5. The lowest BCUT2D eigenvalue weighted by Gasteiger charge is -2.07. The van der Waals surface area contributed by atoms with E-state index in [1.54, 1.807) is 19.1 Å². The fraction of sp³-hybridized carbons (Fsp3) is 0.222. The molecule has 0 aliphatic rings. The lowest BCUT2D eigenvalue weighted by Crippen LogP contribution is -2.30. The van der Waals surface area contributed by atoms with Crippen molar-refractivity contribution < 1.29 is 19.2 Å². The van der Waals surface area contributed by atoms with Crippen LogP contribution in [0.1, 0.15) is 21.5 Å². The maximum atomic E-state index is 11.9. The number of carbonyl (C=O) groups is 2. The summed E-state index contributed by atoms with van der Waals surface area (Å²) in [5.74, 6) is -1.24. The van der Waals surface area contributed by atoms with Crippen molar-refractivity contribution in [2.24, 2.45) is 0 Å². The number of carbonyl (C=O) groups excluding carboxylic acids is 2. The molecule has 0 unspecified atom stereocenters. The normalized spacial score (nSPS) is 10.2. The van der Waals surface area contributed by atoms with Gasteiger partial charge in [0.15, 0.2) is 6.61 Å². The molecule has 7 nitrogen and oxygen atoms in total. The van der Waals surface area contributed by atoms with Crippen LogP contribution in [0.3, 0.4) is 0 Å². The lowest BCUT2D eigenvalue weighted by molar-refractivity contribution is -0.385. The molecular weight excluding hydrogens is 360 g/mol. The number of aryl methyl sites for hydroxylation is 1. The Kier molecular flexibility index (Phi) is 6.68. The Labute approximate surface area is 155 Å². The molecule has 26 heavy (non-hydrogen) atoms. The third-order valence-corrected chi connectivity index (χ3v) is 3.88. The summed E-state index contributed by atoms with van der Waals surface area (Å²) in [7, 11) is 0. The highest BCUT2D eigenvalue weighted by Gasteiger charge is 2.16. The number of hydrogen-bond donors (Lipinski definition) is 1.